The molecule has 10 nitrogen and oxygen atoms in total. The van der Waals surface area contributed by atoms with E-state index in [1.807, 2.05) is 6.92 Å². The number of ether oxygens (including phenoxy) is 5. The molecule has 6 fully saturated rings. The topological polar surface area (TPSA) is 108 Å². The molecule has 3 aliphatic heterocycles. The first-order valence-corrected chi connectivity index (χ1v) is 16.5. The Morgan fingerprint density at radius 1 is 0.881 bits per heavy atom. The van der Waals surface area contributed by atoms with Gasteiger partial charge in [-0.1, -0.05) is 0 Å². The Kier molecular flexibility index (Phi) is 9.49. The molecular formula is C32H53N3O7. The number of nitrogens with zero attached hydrogens (tertiary/aromatic N) is 1. The lowest BCUT2D eigenvalue weighted by atomic mass is 9.64. The number of hydrogen-bond acceptors (Lipinski definition) is 8. The molecule has 10 heteroatoms. The molecule has 6 rings (SSSR count). The van der Waals surface area contributed by atoms with Gasteiger partial charge in [-0.25, -0.2) is 0 Å². The lowest BCUT2D eigenvalue weighted by Gasteiger charge is -2.55. The van der Waals surface area contributed by atoms with Crippen molar-refractivity contribution >= 4 is 11.8 Å². The second-order valence-electron chi connectivity index (χ2n) is 13.8. The van der Waals surface area contributed by atoms with Gasteiger partial charge in [0.05, 0.1) is 42.5 Å². The molecule has 0 spiro atoms. The first-order valence-electron chi connectivity index (χ1n) is 16.5. The zero-order valence-electron chi connectivity index (χ0n) is 26.2. The van der Waals surface area contributed by atoms with Crippen molar-refractivity contribution in [3.8, 4) is 0 Å². The molecule has 6 aliphatic rings. The number of methoxy groups -OCH3 is 4. The van der Waals surface area contributed by atoms with Crippen LogP contribution >= 0.6 is 0 Å². The van der Waals surface area contributed by atoms with Crippen LogP contribution in [-0.4, -0.2) is 113 Å². The van der Waals surface area contributed by atoms with Crippen LogP contribution in [0.1, 0.15) is 64.7 Å². The summed E-state index contributed by atoms with van der Waals surface area (Å²) in [6, 6.07) is 0.806. The molecule has 238 valence electrons. The third kappa shape index (κ3) is 5.42. The maximum atomic E-state index is 14.3. The van der Waals surface area contributed by atoms with Crippen molar-refractivity contribution in [2.75, 3.05) is 41.5 Å². The third-order valence-corrected chi connectivity index (χ3v) is 12.1. The van der Waals surface area contributed by atoms with Gasteiger partial charge in [-0.05, 0) is 82.6 Å². The van der Waals surface area contributed by atoms with Crippen LogP contribution in [-0.2, 0) is 33.3 Å². The van der Waals surface area contributed by atoms with Crippen molar-refractivity contribution in [2.24, 2.45) is 29.6 Å². The van der Waals surface area contributed by atoms with Crippen LogP contribution in [0.15, 0.2) is 0 Å². The number of piperidine rings is 2. The van der Waals surface area contributed by atoms with E-state index in [1.54, 1.807) is 28.4 Å². The van der Waals surface area contributed by atoms with Gasteiger partial charge in [0.1, 0.15) is 6.10 Å². The highest BCUT2D eigenvalue weighted by Crippen LogP contribution is 2.54. The monoisotopic (exact) mass is 591 g/mol. The van der Waals surface area contributed by atoms with Gasteiger partial charge in [0.25, 0.3) is 0 Å². The van der Waals surface area contributed by atoms with Gasteiger partial charge in [-0.2, -0.15) is 0 Å². The molecule has 2 amide bonds. The molecule has 2 N–H and O–H groups in total. The summed E-state index contributed by atoms with van der Waals surface area (Å²) in [4.78, 5) is 29.6. The highest BCUT2D eigenvalue weighted by atomic mass is 16.5. The van der Waals surface area contributed by atoms with Crippen LogP contribution in [0.5, 0.6) is 0 Å². The SMILES string of the molecule is COC1CCC(CNC(=O)[C@H](C)OC2CCC3C(C2)C2CCNC4C5CCC(OC)C(OC)C5C(=O)N3C24)C(OC)C1. The highest BCUT2D eigenvalue weighted by molar-refractivity contribution is 5.83. The fraction of sp³-hybridized carbons (Fsp3) is 0.938. The van der Waals surface area contributed by atoms with Crippen molar-refractivity contribution in [3.05, 3.63) is 0 Å². The van der Waals surface area contributed by atoms with E-state index in [0.29, 0.717) is 24.4 Å². The van der Waals surface area contributed by atoms with E-state index in [9.17, 15) is 9.59 Å². The standard InChI is InChI=1S/C32H53N3O7/c1-17(31(36)34-16-18-6-7-19(38-2)15-26(18)40-4)42-20-8-10-24-23(14-20)21-12-13-33-28-22-9-11-25(39-3)30(41-5)27(22)32(37)35(24)29(21)28/h17-30,33H,6-16H2,1-5H3,(H,34,36)/t17-,18?,19?,20?,21?,22?,23?,24?,25?,26?,27?,28?,29?,30?/m0/s1. The fourth-order valence-electron chi connectivity index (χ4n) is 10.1. The first-order chi connectivity index (χ1) is 20.4. The smallest absolute Gasteiger partial charge is 0.248 e. The number of rotatable bonds is 9. The van der Waals surface area contributed by atoms with Gasteiger partial charge < -0.3 is 39.2 Å². The van der Waals surface area contributed by atoms with Gasteiger partial charge in [0, 0.05) is 59.4 Å². The zero-order chi connectivity index (χ0) is 29.5. The van der Waals surface area contributed by atoms with E-state index in [0.717, 1.165) is 64.3 Å². The van der Waals surface area contributed by atoms with Crippen LogP contribution in [0.2, 0.25) is 0 Å². The quantitative estimate of drug-likeness (QED) is 0.420. The number of nitrogens with one attached hydrogen (secondary N) is 2. The van der Waals surface area contributed by atoms with Crippen LogP contribution in [0.4, 0.5) is 0 Å². The average Bonchev–Trinajstić information content (AvgIpc) is 3.36. The Morgan fingerprint density at radius 2 is 1.67 bits per heavy atom. The van der Waals surface area contributed by atoms with Crippen molar-refractivity contribution in [1.82, 2.24) is 15.5 Å². The van der Waals surface area contributed by atoms with Gasteiger partial charge in [0.2, 0.25) is 11.8 Å². The second-order valence-corrected chi connectivity index (χ2v) is 13.8. The number of fused-ring (bicyclic) bond motifs is 5. The average molecular weight is 592 g/mol. The van der Waals surface area contributed by atoms with Gasteiger partial charge >= 0.3 is 0 Å². The molecule has 13 unspecified atom stereocenters. The Balaban J connectivity index is 1.08. The lowest BCUT2D eigenvalue weighted by molar-refractivity contribution is -0.175. The van der Waals surface area contributed by atoms with Crippen molar-refractivity contribution in [3.63, 3.8) is 0 Å². The summed E-state index contributed by atoms with van der Waals surface area (Å²) in [6.45, 7) is 3.46. The van der Waals surface area contributed by atoms with E-state index in [1.165, 1.54) is 0 Å². The summed E-state index contributed by atoms with van der Waals surface area (Å²) in [5.74, 6) is 1.54. The maximum absolute atomic E-state index is 14.3. The highest BCUT2D eigenvalue weighted by Gasteiger charge is 2.64. The molecule has 3 aliphatic carbocycles. The normalized spacial score (nSPS) is 45.5. The van der Waals surface area contributed by atoms with Crippen LogP contribution in [0, 0.1) is 29.6 Å². The van der Waals surface area contributed by atoms with Crippen molar-refractivity contribution in [2.45, 2.75) is 119 Å². The Bertz CT molecular complexity index is 968. The number of carbonyl (C=O) groups excluding carboxylic acids is 2. The minimum atomic E-state index is -0.509. The Morgan fingerprint density at radius 3 is 2.40 bits per heavy atom. The van der Waals surface area contributed by atoms with Gasteiger partial charge in [-0.15, -0.1) is 0 Å². The molecule has 3 saturated heterocycles. The fourth-order valence-corrected chi connectivity index (χ4v) is 10.1. The first kappa shape index (κ1) is 30.7. The van der Waals surface area contributed by atoms with Crippen LogP contribution in [0.3, 0.4) is 0 Å². The van der Waals surface area contributed by atoms with Crippen molar-refractivity contribution in [1.29, 1.82) is 0 Å². The molecule has 0 aromatic rings. The second kappa shape index (κ2) is 13.0. The van der Waals surface area contributed by atoms with E-state index in [2.05, 4.69) is 15.5 Å². The summed E-state index contributed by atoms with van der Waals surface area (Å²) in [5, 5.41) is 7.00. The molecule has 3 saturated carbocycles. The third-order valence-electron chi connectivity index (χ3n) is 12.1. The molecule has 0 aromatic carbocycles. The van der Waals surface area contributed by atoms with Crippen LogP contribution in [0.25, 0.3) is 0 Å². The van der Waals surface area contributed by atoms with E-state index in [-0.39, 0.29) is 72.2 Å². The van der Waals surface area contributed by atoms with Crippen molar-refractivity contribution < 1.29 is 33.3 Å². The molecule has 0 bridgehead atoms. The molecule has 42 heavy (non-hydrogen) atoms. The van der Waals surface area contributed by atoms with E-state index < -0.39 is 6.10 Å². The van der Waals surface area contributed by atoms with Crippen LogP contribution < -0.4 is 10.6 Å². The largest absolute Gasteiger partial charge is 0.381 e. The summed E-state index contributed by atoms with van der Waals surface area (Å²) < 4.78 is 29.4. The zero-order valence-corrected chi connectivity index (χ0v) is 26.2. The molecule has 14 atom stereocenters. The predicted octanol–water partition coefficient (Wildman–Crippen LogP) is 2.13. The number of amides is 2. The van der Waals surface area contributed by atoms with E-state index in [4.69, 9.17) is 23.7 Å². The number of carbonyl (C=O) groups is 2. The Hall–Kier alpha value is -1.30. The van der Waals surface area contributed by atoms with Gasteiger partial charge in [-0.3, -0.25) is 9.59 Å². The maximum Gasteiger partial charge on any atom is 0.248 e. The Labute approximate surface area is 251 Å². The summed E-state index contributed by atoms with van der Waals surface area (Å²) >= 11 is 0. The molecule has 0 radical (unpaired) electrons. The predicted molar refractivity (Wildman–Crippen MR) is 156 cm³/mol. The summed E-state index contributed by atoms with van der Waals surface area (Å²) in [7, 11) is 6.96. The molecule has 0 aromatic heterocycles. The summed E-state index contributed by atoms with van der Waals surface area (Å²) in [5.41, 5.74) is 0. The minimum absolute atomic E-state index is 0.0347. The summed E-state index contributed by atoms with van der Waals surface area (Å²) in [6.07, 6.45) is 8.18. The lowest BCUT2D eigenvalue weighted by Crippen LogP contribution is -2.70. The molecular weight excluding hydrogens is 538 g/mol. The minimum Gasteiger partial charge on any atom is -0.381 e. The molecule has 3 heterocycles. The van der Waals surface area contributed by atoms with E-state index >= 15 is 0 Å². The number of hydrogen-bond donors (Lipinski definition) is 2. The van der Waals surface area contributed by atoms with Gasteiger partial charge in [0.15, 0.2) is 0 Å².